The zero-order chi connectivity index (χ0) is 15.1. The van der Waals surface area contributed by atoms with Crippen molar-refractivity contribution in [3.8, 4) is 0 Å². The third-order valence-corrected chi connectivity index (χ3v) is 3.23. The molecule has 21 heavy (non-hydrogen) atoms. The average Bonchev–Trinajstić information content (AvgIpc) is 2.49. The lowest BCUT2D eigenvalue weighted by molar-refractivity contribution is 0.240. The van der Waals surface area contributed by atoms with E-state index in [4.69, 9.17) is 11.6 Å². The van der Waals surface area contributed by atoms with Crippen LogP contribution in [0.15, 0.2) is 48.5 Å². The molecular formula is C16H16ClFN2O. The van der Waals surface area contributed by atoms with E-state index in [1.54, 1.807) is 24.3 Å². The molecule has 5 heteroatoms. The van der Waals surface area contributed by atoms with Gasteiger partial charge in [-0.15, -0.1) is 0 Å². The van der Waals surface area contributed by atoms with E-state index in [0.717, 1.165) is 11.1 Å². The number of halogens is 2. The number of hydrogen-bond acceptors (Lipinski definition) is 1. The Bertz CT molecular complexity index is 584. The van der Waals surface area contributed by atoms with Gasteiger partial charge in [0.1, 0.15) is 5.82 Å². The molecule has 0 aliphatic carbocycles. The van der Waals surface area contributed by atoms with Crippen LogP contribution in [0.1, 0.15) is 11.1 Å². The summed E-state index contributed by atoms with van der Waals surface area (Å²) in [5, 5.41) is 6.19. The molecule has 0 spiro atoms. The summed E-state index contributed by atoms with van der Waals surface area (Å²) in [5.74, 6) is -0.257. The SMILES string of the molecule is O=C(NCCc1ccc(F)cc1)NCc1ccc(Cl)cc1. The van der Waals surface area contributed by atoms with Crippen LogP contribution < -0.4 is 10.6 Å². The molecule has 2 amide bonds. The number of nitrogens with one attached hydrogen (secondary N) is 2. The highest BCUT2D eigenvalue weighted by molar-refractivity contribution is 6.30. The fraction of sp³-hybridized carbons (Fsp3) is 0.188. The van der Waals surface area contributed by atoms with Crippen molar-refractivity contribution in [1.29, 1.82) is 0 Å². The lowest BCUT2D eigenvalue weighted by atomic mass is 10.1. The van der Waals surface area contributed by atoms with Crippen LogP contribution in [0.3, 0.4) is 0 Å². The predicted molar refractivity (Wildman–Crippen MR) is 81.8 cm³/mol. The topological polar surface area (TPSA) is 41.1 Å². The van der Waals surface area contributed by atoms with Crippen LogP contribution in [-0.2, 0) is 13.0 Å². The minimum atomic E-state index is -0.257. The van der Waals surface area contributed by atoms with Gasteiger partial charge in [0, 0.05) is 18.1 Å². The third kappa shape index (κ3) is 5.44. The summed E-state index contributed by atoms with van der Waals surface area (Å²) in [6.07, 6.45) is 0.661. The minimum Gasteiger partial charge on any atom is -0.338 e. The smallest absolute Gasteiger partial charge is 0.315 e. The molecule has 2 aromatic carbocycles. The van der Waals surface area contributed by atoms with Crippen LogP contribution in [0.2, 0.25) is 5.02 Å². The molecule has 0 saturated carbocycles. The quantitative estimate of drug-likeness (QED) is 0.872. The van der Waals surface area contributed by atoms with Gasteiger partial charge in [-0.3, -0.25) is 0 Å². The molecule has 0 radical (unpaired) electrons. The van der Waals surface area contributed by atoms with Gasteiger partial charge in [0.25, 0.3) is 0 Å². The first-order valence-corrected chi connectivity index (χ1v) is 7.02. The third-order valence-electron chi connectivity index (χ3n) is 2.98. The van der Waals surface area contributed by atoms with Gasteiger partial charge in [-0.25, -0.2) is 9.18 Å². The number of rotatable bonds is 5. The number of carbonyl (C=O) groups excluding carboxylic acids is 1. The van der Waals surface area contributed by atoms with Crippen molar-refractivity contribution in [3.63, 3.8) is 0 Å². The number of hydrogen-bond donors (Lipinski definition) is 2. The maximum atomic E-state index is 12.7. The van der Waals surface area contributed by atoms with Gasteiger partial charge in [0.15, 0.2) is 0 Å². The van der Waals surface area contributed by atoms with Gasteiger partial charge >= 0.3 is 6.03 Å². The van der Waals surface area contributed by atoms with Gasteiger partial charge in [-0.05, 0) is 41.8 Å². The molecule has 0 aliphatic heterocycles. The highest BCUT2D eigenvalue weighted by atomic mass is 35.5. The fourth-order valence-corrected chi connectivity index (χ4v) is 1.94. The molecule has 0 heterocycles. The van der Waals surface area contributed by atoms with Crippen LogP contribution >= 0.6 is 11.6 Å². The maximum Gasteiger partial charge on any atom is 0.315 e. The van der Waals surface area contributed by atoms with E-state index in [2.05, 4.69) is 10.6 Å². The molecule has 0 atom stereocenters. The second kappa shape index (κ2) is 7.64. The summed E-state index contributed by atoms with van der Waals surface area (Å²) >= 11 is 5.79. The molecule has 2 rings (SSSR count). The summed E-state index contributed by atoms with van der Waals surface area (Å²) in [5.41, 5.74) is 1.96. The van der Waals surface area contributed by atoms with E-state index in [0.29, 0.717) is 24.5 Å². The van der Waals surface area contributed by atoms with Crippen LogP contribution in [0.5, 0.6) is 0 Å². The predicted octanol–water partition coefficient (Wildman–Crippen LogP) is 3.52. The largest absolute Gasteiger partial charge is 0.338 e. The first kappa shape index (κ1) is 15.3. The Morgan fingerprint density at radius 3 is 2.24 bits per heavy atom. The standard InChI is InChI=1S/C16H16ClFN2O/c17-14-5-1-13(2-6-14)11-20-16(21)19-10-9-12-3-7-15(18)8-4-12/h1-8H,9-11H2,(H2,19,20,21). The molecule has 0 unspecified atom stereocenters. The molecule has 2 N–H and O–H groups in total. The molecule has 2 aromatic rings. The van der Waals surface area contributed by atoms with Gasteiger partial charge in [0.2, 0.25) is 0 Å². The summed E-state index contributed by atoms with van der Waals surface area (Å²) in [6.45, 7) is 0.942. The van der Waals surface area contributed by atoms with Crippen molar-refractivity contribution >= 4 is 17.6 Å². The zero-order valence-electron chi connectivity index (χ0n) is 11.4. The molecule has 0 saturated heterocycles. The summed E-state index contributed by atoms with van der Waals surface area (Å²) in [6, 6.07) is 13.3. The molecule has 0 aliphatic rings. The molecule has 0 aromatic heterocycles. The van der Waals surface area contributed by atoms with E-state index < -0.39 is 0 Å². The molecule has 0 fully saturated rings. The van der Waals surface area contributed by atoms with Crippen molar-refractivity contribution in [2.45, 2.75) is 13.0 Å². The van der Waals surface area contributed by atoms with Crippen LogP contribution in [0, 0.1) is 5.82 Å². The van der Waals surface area contributed by atoms with Crippen molar-refractivity contribution in [2.24, 2.45) is 0 Å². The highest BCUT2D eigenvalue weighted by Crippen LogP contribution is 2.09. The Kier molecular flexibility index (Phi) is 5.58. The second-order valence-electron chi connectivity index (χ2n) is 4.61. The summed E-state index contributed by atoms with van der Waals surface area (Å²) < 4.78 is 12.7. The van der Waals surface area contributed by atoms with Gasteiger partial charge < -0.3 is 10.6 Å². The normalized spacial score (nSPS) is 10.2. The van der Waals surface area contributed by atoms with E-state index in [1.807, 2.05) is 12.1 Å². The van der Waals surface area contributed by atoms with Crippen molar-refractivity contribution in [2.75, 3.05) is 6.54 Å². The second-order valence-corrected chi connectivity index (χ2v) is 5.05. The van der Waals surface area contributed by atoms with Crippen LogP contribution in [0.4, 0.5) is 9.18 Å². The van der Waals surface area contributed by atoms with E-state index in [1.165, 1.54) is 12.1 Å². The lowest BCUT2D eigenvalue weighted by Gasteiger charge is -2.08. The molecule has 3 nitrogen and oxygen atoms in total. The van der Waals surface area contributed by atoms with Gasteiger partial charge in [-0.2, -0.15) is 0 Å². The first-order chi connectivity index (χ1) is 10.1. The van der Waals surface area contributed by atoms with Crippen molar-refractivity contribution < 1.29 is 9.18 Å². The molecule has 0 bridgehead atoms. The Morgan fingerprint density at radius 1 is 0.952 bits per heavy atom. The first-order valence-electron chi connectivity index (χ1n) is 6.64. The van der Waals surface area contributed by atoms with Crippen molar-refractivity contribution in [1.82, 2.24) is 10.6 Å². The summed E-state index contributed by atoms with van der Waals surface area (Å²) in [4.78, 5) is 11.6. The van der Waals surface area contributed by atoms with Crippen LogP contribution in [-0.4, -0.2) is 12.6 Å². The highest BCUT2D eigenvalue weighted by Gasteiger charge is 2.01. The number of benzene rings is 2. The average molecular weight is 307 g/mol. The lowest BCUT2D eigenvalue weighted by Crippen LogP contribution is -2.36. The Balaban J connectivity index is 1.67. The van der Waals surface area contributed by atoms with Gasteiger partial charge in [0.05, 0.1) is 0 Å². The van der Waals surface area contributed by atoms with Crippen molar-refractivity contribution in [3.05, 3.63) is 70.5 Å². The Labute approximate surface area is 128 Å². The number of amides is 2. The monoisotopic (exact) mass is 306 g/mol. The Hall–Kier alpha value is -2.07. The van der Waals surface area contributed by atoms with E-state index in [-0.39, 0.29) is 11.8 Å². The fourth-order valence-electron chi connectivity index (χ4n) is 1.82. The minimum absolute atomic E-state index is 0.230. The summed E-state index contributed by atoms with van der Waals surface area (Å²) in [7, 11) is 0. The number of carbonyl (C=O) groups is 1. The number of urea groups is 1. The zero-order valence-corrected chi connectivity index (χ0v) is 12.2. The maximum absolute atomic E-state index is 12.7. The molecule has 110 valence electrons. The van der Waals surface area contributed by atoms with E-state index >= 15 is 0 Å². The van der Waals surface area contributed by atoms with Crippen LogP contribution in [0.25, 0.3) is 0 Å². The molecular weight excluding hydrogens is 291 g/mol. The van der Waals surface area contributed by atoms with E-state index in [9.17, 15) is 9.18 Å². The van der Waals surface area contributed by atoms with Gasteiger partial charge in [-0.1, -0.05) is 35.9 Å². The Morgan fingerprint density at radius 2 is 1.57 bits per heavy atom.